The van der Waals surface area contributed by atoms with Gasteiger partial charge >= 0.3 is 0 Å². The number of hydrogen-bond donors (Lipinski definition) is 1. The van der Waals surface area contributed by atoms with E-state index < -0.39 is 0 Å². The van der Waals surface area contributed by atoms with Gasteiger partial charge in [-0.2, -0.15) is 0 Å². The molecule has 7 aromatic carbocycles. The van der Waals surface area contributed by atoms with Crippen molar-refractivity contribution in [3.63, 3.8) is 0 Å². The zero-order valence-electron chi connectivity index (χ0n) is 38.3. The van der Waals surface area contributed by atoms with Crippen molar-refractivity contribution in [1.82, 2.24) is 0 Å². The zero-order chi connectivity index (χ0) is 43.3. The molecule has 1 radical (unpaired) electrons. The maximum atomic E-state index is 4.02. The Balaban J connectivity index is 0.811. The van der Waals surface area contributed by atoms with E-state index in [4.69, 9.17) is 0 Å². The van der Waals surface area contributed by atoms with Gasteiger partial charge < -0.3 is 5.32 Å². The van der Waals surface area contributed by atoms with Crippen molar-refractivity contribution in [2.45, 2.75) is 87.9 Å². The van der Waals surface area contributed by atoms with Gasteiger partial charge in [0, 0.05) is 48.4 Å². The second-order valence-corrected chi connectivity index (χ2v) is 25.3. The topological polar surface area (TPSA) is 12.0 Å². The monoisotopic (exact) mass is 878 g/mol. The lowest BCUT2D eigenvalue weighted by Gasteiger charge is -2.91. The van der Waals surface area contributed by atoms with Gasteiger partial charge in [0.25, 0.3) is 0 Å². The Morgan fingerprint density at radius 1 is 0.582 bits per heavy atom. The SMILES string of the molecule is Cc1cc(-c2cc3sc4ccccc4c3cc2Nc2ccc(-c3ccccc3)cc2)c2c(c1)C1Cc3ccc(C45CC6CC7CC(C4)C76C5)cc3-c3cc(C45CC6CC7CC(C4)C765)cc(c31)[B]2. The third kappa shape index (κ3) is 4.17. The number of benzene rings is 7. The summed E-state index contributed by atoms with van der Waals surface area (Å²) in [6.07, 6.45) is 14.4. The molecule has 9 aliphatic carbocycles. The van der Waals surface area contributed by atoms with Crippen molar-refractivity contribution in [3.05, 3.63) is 167 Å². The van der Waals surface area contributed by atoms with Gasteiger partial charge in [-0.3, -0.25) is 0 Å². The van der Waals surface area contributed by atoms with Gasteiger partial charge in [0.05, 0.1) is 0 Å². The number of fused-ring (bicyclic) bond motifs is 8. The van der Waals surface area contributed by atoms with Gasteiger partial charge in [-0.1, -0.05) is 120 Å². The average Bonchev–Trinajstić information content (AvgIpc) is 3.96. The Bertz CT molecular complexity index is 3540. The normalized spacial score (nSPS) is 34.9. The number of nitrogens with one attached hydrogen (secondary N) is 1. The van der Waals surface area contributed by atoms with Crippen molar-refractivity contribution >= 4 is 61.1 Å². The van der Waals surface area contributed by atoms with Crippen LogP contribution in [0.4, 0.5) is 11.4 Å². The quantitative estimate of drug-likeness (QED) is 0.164. The number of thiophene rings is 1. The molecule has 2 heterocycles. The van der Waals surface area contributed by atoms with Crippen molar-refractivity contribution in [2.75, 3.05) is 5.32 Å². The van der Waals surface area contributed by atoms with Crippen LogP contribution in [0.15, 0.2) is 133 Å². The van der Waals surface area contributed by atoms with Crippen molar-refractivity contribution in [3.8, 4) is 33.4 Å². The first-order chi connectivity index (χ1) is 32.9. The lowest BCUT2D eigenvalue weighted by Crippen LogP contribution is -2.87. The van der Waals surface area contributed by atoms with Crippen LogP contribution in [0.2, 0.25) is 0 Å². The van der Waals surface area contributed by atoms with Crippen molar-refractivity contribution < 1.29 is 0 Å². The lowest BCUT2D eigenvalue weighted by molar-refractivity contribution is -0.395. The predicted molar refractivity (Wildman–Crippen MR) is 278 cm³/mol. The fourth-order valence-corrected chi connectivity index (χ4v) is 20.9. The van der Waals surface area contributed by atoms with E-state index in [1.165, 1.54) is 128 Å². The molecular weight excluding hydrogens is 826 g/mol. The van der Waals surface area contributed by atoms with E-state index in [-0.39, 0.29) is 0 Å². The van der Waals surface area contributed by atoms with Crippen LogP contribution in [-0.2, 0) is 17.3 Å². The largest absolute Gasteiger partial charge is 0.355 e. The summed E-state index contributed by atoms with van der Waals surface area (Å²) < 4.78 is 2.70. The molecular formula is C64H53BNS. The van der Waals surface area contributed by atoms with Crippen LogP contribution < -0.4 is 16.2 Å². The first-order valence-corrected chi connectivity index (χ1v) is 26.9. The molecule has 323 valence electrons. The Morgan fingerprint density at radius 3 is 2.12 bits per heavy atom. The fourth-order valence-electron chi connectivity index (χ4n) is 19.7. The van der Waals surface area contributed by atoms with Crippen LogP contribution in [0.1, 0.15) is 97.1 Å². The minimum Gasteiger partial charge on any atom is -0.355 e. The summed E-state index contributed by atoms with van der Waals surface area (Å²) in [6.45, 7) is 2.35. The fraction of sp³-hybridized carbons (Fsp3) is 0.344. The molecule has 0 amide bonds. The molecule has 10 aliphatic rings. The molecule has 2 spiro atoms. The molecule has 1 nitrogen and oxygen atoms in total. The van der Waals surface area contributed by atoms with E-state index in [9.17, 15) is 0 Å². The van der Waals surface area contributed by atoms with E-state index >= 15 is 0 Å². The first kappa shape index (κ1) is 36.6. The highest BCUT2D eigenvalue weighted by Crippen LogP contribution is 2.92. The molecule has 8 saturated carbocycles. The number of aryl methyl sites for hydroxylation is 1. The summed E-state index contributed by atoms with van der Waals surface area (Å²) in [7, 11) is 2.69. The summed E-state index contributed by atoms with van der Waals surface area (Å²) >= 11 is 1.93. The van der Waals surface area contributed by atoms with Crippen molar-refractivity contribution in [1.29, 1.82) is 0 Å². The maximum Gasteiger partial charge on any atom is 0.193 e. The van der Waals surface area contributed by atoms with E-state index in [0.29, 0.717) is 22.2 Å². The second-order valence-electron chi connectivity index (χ2n) is 24.2. The molecule has 67 heavy (non-hydrogen) atoms. The van der Waals surface area contributed by atoms with E-state index in [1.54, 1.807) is 33.4 Å². The summed E-state index contributed by atoms with van der Waals surface area (Å²) in [6, 6.07) is 52.5. The van der Waals surface area contributed by atoms with Gasteiger partial charge in [-0.15, -0.1) is 11.3 Å². The minimum absolute atomic E-state index is 0.340. The molecule has 5 unspecified atom stereocenters. The molecule has 18 rings (SSSR count). The number of rotatable bonds is 6. The summed E-state index contributed by atoms with van der Waals surface area (Å²) in [5.74, 6) is 6.39. The zero-order valence-corrected chi connectivity index (χ0v) is 39.1. The van der Waals surface area contributed by atoms with Crippen LogP contribution in [-0.4, -0.2) is 7.28 Å². The van der Waals surface area contributed by atoms with Crippen LogP contribution in [0.3, 0.4) is 0 Å². The summed E-state index contributed by atoms with van der Waals surface area (Å²) in [5.41, 5.74) is 25.3. The molecule has 8 aromatic rings. The Hall–Kier alpha value is -5.38. The molecule has 8 fully saturated rings. The summed E-state index contributed by atoms with van der Waals surface area (Å²) in [4.78, 5) is 0. The molecule has 5 atom stereocenters. The molecule has 2 bridgehead atoms. The van der Waals surface area contributed by atoms with Crippen molar-refractivity contribution in [2.24, 2.45) is 46.3 Å². The van der Waals surface area contributed by atoms with E-state index in [0.717, 1.165) is 53.0 Å². The number of hydrogen-bond acceptors (Lipinski definition) is 2. The standard InChI is InChI=1S/C64H53BNS/c1-34-17-53(49-28-58-50(47-9-5-6-10-57(47)67-58)27-56(49)66-46-15-12-36(13-16-46)35-7-3-2-4-8-35)60-54(18-34)51-19-37-11-14-38(61-29-42-20-40-21-43(30-61)63(40,42)33-61)24-48(37)52-25-39(26-55(65-60)59(51)52)62-31-44-22-41-23-45(32-62)64(41,44)62/h2-18,24-28,40-45,51,66H,19-23,29-33H2,1H3. The van der Waals surface area contributed by atoms with E-state index in [1.807, 2.05) is 11.3 Å². The smallest absolute Gasteiger partial charge is 0.193 e. The molecule has 3 heteroatoms. The first-order valence-electron chi connectivity index (χ1n) is 26.1. The third-order valence-corrected chi connectivity index (χ3v) is 23.3. The second kappa shape index (κ2) is 11.9. The summed E-state index contributed by atoms with van der Waals surface area (Å²) in [5, 5.41) is 6.69. The highest BCUT2D eigenvalue weighted by atomic mass is 32.1. The van der Waals surface area contributed by atoms with Crippen LogP contribution in [0, 0.1) is 53.3 Å². The maximum absolute atomic E-state index is 4.02. The van der Waals surface area contributed by atoms with Gasteiger partial charge in [0.2, 0.25) is 0 Å². The van der Waals surface area contributed by atoms with E-state index in [2.05, 4.69) is 153 Å². The van der Waals surface area contributed by atoms with Crippen LogP contribution >= 0.6 is 11.3 Å². The third-order valence-electron chi connectivity index (χ3n) is 22.2. The van der Waals surface area contributed by atoms with Gasteiger partial charge in [-0.25, -0.2) is 0 Å². The predicted octanol–water partition coefficient (Wildman–Crippen LogP) is 14.5. The molecule has 1 aliphatic heterocycles. The van der Waals surface area contributed by atoms with Crippen LogP contribution in [0.25, 0.3) is 53.6 Å². The molecule has 0 saturated heterocycles. The Kier molecular flexibility index (Phi) is 6.50. The molecule has 1 aromatic heterocycles. The van der Waals surface area contributed by atoms with Gasteiger partial charge in [0.15, 0.2) is 7.28 Å². The Labute approximate surface area is 398 Å². The lowest BCUT2D eigenvalue weighted by atomic mass is 9.12. The molecule has 1 N–H and O–H groups in total. The number of anilines is 2. The highest BCUT2D eigenvalue weighted by Gasteiger charge is 2.87. The van der Waals surface area contributed by atoms with Gasteiger partial charge in [0.1, 0.15) is 0 Å². The van der Waals surface area contributed by atoms with Gasteiger partial charge in [-0.05, 0) is 209 Å². The van der Waals surface area contributed by atoms with Crippen LogP contribution in [0.5, 0.6) is 0 Å². The minimum atomic E-state index is 0.340. The highest BCUT2D eigenvalue weighted by molar-refractivity contribution is 7.25. The average molecular weight is 879 g/mol. The Morgan fingerprint density at radius 2 is 1.34 bits per heavy atom.